The fourth-order valence-electron chi connectivity index (χ4n) is 3.20. The standard InChI is InChI=1S/C19H24N2O5S2/c1-13-11-15(25-2)16(26-3)12-14(13)20-19(22)18-17(7-10-27-18)28(23,24)21-8-5-4-6-9-21/h7,10-12H,4-6,8-9H2,1-3H3,(H,20,22). The highest BCUT2D eigenvalue weighted by atomic mass is 32.2. The van der Waals surface area contributed by atoms with Gasteiger partial charge >= 0.3 is 0 Å². The molecule has 1 N–H and O–H groups in total. The smallest absolute Gasteiger partial charge is 0.267 e. The molecule has 0 atom stereocenters. The monoisotopic (exact) mass is 424 g/mol. The molecule has 1 fully saturated rings. The van der Waals surface area contributed by atoms with E-state index < -0.39 is 15.9 Å². The lowest BCUT2D eigenvalue weighted by Gasteiger charge is -2.25. The molecule has 1 aliphatic heterocycles. The van der Waals surface area contributed by atoms with Gasteiger partial charge in [0.1, 0.15) is 9.77 Å². The molecule has 1 saturated heterocycles. The first-order valence-corrected chi connectivity index (χ1v) is 11.3. The van der Waals surface area contributed by atoms with E-state index in [0.717, 1.165) is 36.2 Å². The fraction of sp³-hybridized carbons (Fsp3) is 0.421. The van der Waals surface area contributed by atoms with Crippen LogP contribution in [0.1, 0.15) is 34.5 Å². The zero-order valence-electron chi connectivity index (χ0n) is 16.1. The van der Waals surface area contributed by atoms with Crippen molar-refractivity contribution < 1.29 is 22.7 Å². The van der Waals surface area contributed by atoms with Crippen molar-refractivity contribution in [2.75, 3.05) is 32.6 Å². The number of nitrogens with one attached hydrogen (secondary N) is 1. The number of hydrogen-bond donors (Lipinski definition) is 1. The molecule has 9 heteroatoms. The Bertz CT molecular complexity index is 963. The molecule has 0 spiro atoms. The molecular formula is C19H24N2O5S2. The summed E-state index contributed by atoms with van der Waals surface area (Å²) in [5, 5.41) is 4.44. The van der Waals surface area contributed by atoms with Crippen molar-refractivity contribution in [2.24, 2.45) is 0 Å². The number of hydrogen-bond acceptors (Lipinski definition) is 6. The maximum absolute atomic E-state index is 13.0. The maximum atomic E-state index is 13.0. The van der Waals surface area contributed by atoms with Gasteiger partial charge in [-0.3, -0.25) is 4.79 Å². The summed E-state index contributed by atoms with van der Waals surface area (Å²) < 4.78 is 38.0. The highest BCUT2D eigenvalue weighted by Gasteiger charge is 2.31. The Balaban J connectivity index is 1.88. The van der Waals surface area contributed by atoms with Crippen LogP contribution in [0, 0.1) is 6.92 Å². The lowest BCUT2D eigenvalue weighted by Crippen LogP contribution is -2.36. The summed E-state index contributed by atoms with van der Waals surface area (Å²) in [6, 6.07) is 4.93. The van der Waals surface area contributed by atoms with Crippen LogP contribution in [0.5, 0.6) is 11.5 Å². The second-order valence-electron chi connectivity index (χ2n) is 6.55. The van der Waals surface area contributed by atoms with E-state index in [1.165, 1.54) is 17.5 Å². The van der Waals surface area contributed by atoms with Crippen molar-refractivity contribution in [2.45, 2.75) is 31.1 Å². The van der Waals surface area contributed by atoms with Gasteiger partial charge in [0.05, 0.1) is 14.2 Å². The predicted octanol–water partition coefficient (Wildman–Crippen LogP) is 3.50. The fourth-order valence-corrected chi connectivity index (χ4v) is 6.02. The number of methoxy groups -OCH3 is 2. The molecule has 2 aromatic rings. The van der Waals surface area contributed by atoms with Crippen LogP contribution in [0.4, 0.5) is 5.69 Å². The van der Waals surface area contributed by atoms with Crippen molar-refractivity contribution in [3.05, 3.63) is 34.0 Å². The summed E-state index contributed by atoms with van der Waals surface area (Å²) in [4.78, 5) is 13.1. The Morgan fingerprint density at radius 3 is 2.39 bits per heavy atom. The van der Waals surface area contributed by atoms with Gasteiger partial charge in [0, 0.05) is 24.8 Å². The van der Waals surface area contributed by atoms with Crippen molar-refractivity contribution in [3.8, 4) is 11.5 Å². The van der Waals surface area contributed by atoms with Crippen molar-refractivity contribution in [3.63, 3.8) is 0 Å². The molecule has 1 amide bonds. The van der Waals surface area contributed by atoms with E-state index in [2.05, 4.69) is 5.32 Å². The minimum atomic E-state index is -3.68. The number of nitrogens with zero attached hydrogens (tertiary/aromatic N) is 1. The highest BCUT2D eigenvalue weighted by Crippen LogP contribution is 2.34. The van der Waals surface area contributed by atoms with Crippen LogP contribution in [0.15, 0.2) is 28.5 Å². The van der Waals surface area contributed by atoms with Gasteiger partial charge in [-0.2, -0.15) is 4.31 Å². The molecule has 1 aromatic heterocycles. The molecule has 0 bridgehead atoms. The number of thiophene rings is 1. The zero-order chi connectivity index (χ0) is 20.3. The van der Waals surface area contributed by atoms with E-state index in [4.69, 9.17) is 9.47 Å². The van der Waals surface area contributed by atoms with E-state index in [1.807, 2.05) is 6.92 Å². The van der Waals surface area contributed by atoms with Gasteiger partial charge in [-0.25, -0.2) is 8.42 Å². The third-order valence-corrected chi connectivity index (χ3v) is 7.73. The second kappa shape index (κ2) is 8.50. The van der Waals surface area contributed by atoms with Crippen molar-refractivity contribution in [1.82, 2.24) is 4.31 Å². The normalized spacial score (nSPS) is 15.2. The third kappa shape index (κ3) is 4.01. The molecule has 3 rings (SSSR count). The van der Waals surface area contributed by atoms with Crippen LogP contribution in [-0.4, -0.2) is 45.9 Å². The molecule has 0 saturated carbocycles. The summed E-state index contributed by atoms with van der Waals surface area (Å²) in [6.45, 7) is 2.82. The molecule has 28 heavy (non-hydrogen) atoms. The molecule has 1 aliphatic rings. The molecule has 0 unspecified atom stereocenters. The van der Waals surface area contributed by atoms with Gasteiger partial charge in [-0.1, -0.05) is 6.42 Å². The Morgan fingerprint density at radius 2 is 1.75 bits per heavy atom. The van der Waals surface area contributed by atoms with E-state index in [9.17, 15) is 13.2 Å². The first-order valence-electron chi connectivity index (χ1n) is 9.00. The van der Waals surface area contributed by atoms with Crippen LogP contribution in [0.25, 0.3) is 0 Å². The SMILES string of the molecule is COc1cc(C)c(NC(=O)c2sccc2S(=O)(=O)N2CCCCC2)cc1OC. The number of amides is 1. The minimum Gasteiger partial charge on any atom is -0.493 e. The molecule has 1 aromatic carbocycles. The van der Waals surface area contributed by atoms with Gasteiger partial charge in [-0.05, 0) is 42.8 Å². The average molecular weight is 425 g/mol. The number of rotatable bonds is 6. The molecule has 0 radical (unpaired) electrons. The van der Waals surface area contributed by atoms with E-state index in [1.54, 1.807) is 24.6 Å². The molecule has 152 valence electrons. The molecule has 0 aliphatic carbocycles. The van der Waals surface area contributed by atoms with Gasteiger partial charge in [-0.15, -0.1) is 11.3 Å². The van der Waals surface area contributed by atoms with E-state index in [0.29, 0.717) is 30.3 Å². The van der Waals surface area contributed by atoms with Crippen LogP contribution in [0.2, 0.25) is 0 Å². The zero-order valence-corrected chi connectivity index (χ0v) is 17.8. The summed E-state index contributed by atoms with van der Waals surface area (Å²) in [5.41, 5.74) is 1.32. The highest BCUT2D eigenvalue weighted by molar-refractivity contribution is 7.89. The van der Waals surface area contributed by atoms with Gasteiger partial charge in [0.25, 0.3) is 5.91 Å². The Morgan fingerprint density at radius 1 is 1.11 bits per heavy atom. The van der Waals surface area contributed by atoms with Crippen LogP contribution in [0.3, 0.4) is 0 Å². The summed E-state index contributed by atoms with van der Waals surface area (Å²) in [5.74, 6) is 0.583. The number of benzene rings is 1. The second-order valence-corrected chi connectivity index (χ2v) is 9.38. The largest absolute Gasteiger partial charge is 0.493 e. The number of anilines is 1. The lowest BCUT2D eigenvalue weighted by atomic mass is 10.1. The van der Waals surface area contributed by atoms with Crippen LogP contribution >= 0.6 is 11.3 Å². The number of carbonyl (C=O) groups excluding carboxylic acids is 1. The predicted molar refractivity (Wildman–Crippen MR) is 109 cm³/mol. The first-order chi connectivity index (χ1) is 13.4. The Labute approximate surface area is 169 Å². The molecular weight excluding hydrogens is 400 g/mol. The molecule has 2 heterocycles. The van der Waals surface area contributed by atoms with Gasteiger partial charge in [0.2, 0.25) is 10.0 Å². The number of carbonyl (C=O) groups is 1. The number of aryl methyl sites for hydroxylation is 1. The quantitative estimate of drug-likeness (QED) is 0.767. The van der Waals surface area contributed by atoms with Crippen LogP contribution in [-0.2, 0) is 10.0 Å². The third-order valence-electron chi connectivity index (χ3n) is 4.75. The van der Waals surface area contributed by atoms with Gasteiger partial charge < -0.3 is 14.8 Å². The Hall–Kier alpha value is -2.10. The Kier molecular flexibility index (Phi) is 6.26. The lowest BCUT2D eigenvalue weighted by molar-refractivity contribution is 0.102. The topological polar surface area (TPSA) is 84.9 Å². The summed E-state index contributed by atoms with van der Waals surface area (Å²) in [6.07, 6.45) is 2.72. The van der Waals surface area contributed by atoms with Crippen molar-refractivity contribution >= 4 is 33.0 Å². The minimum absolute atomic E-state index is 0.0648. The van der Waals surface area contributed by atoms with Crippen LogP contribution < -0.4 is 14.8 Å². The molecule has 7 nitrogen and oxygen atoms in total. The maximum Gasteiger partial charge on any atom is 0.267 e. The summed E-state index contributed by atoms with van der Waals surface area (Å²) in [7, 11) is -0.626. The number of piperidine rings is 1. The van der Waals surface area contributed by atoms with Gasteiger partial charge in [0.15, 0.2) is 11.5 Å². The van der Waals surface area contributed by atoms with Crippen molar-refractivity contribution in [1.29, 1.82) is 0 Å². The summed E-state index contributed by atoms with van der Waals surface area (Å²) >= 11 is 1.12. The van der Waals surface area contributed by atoms with E-state index >= 15 is 0 Å². The average Bonchev–Trinajstić information content (AvgIpc) is 3.20. The van der Waals surface area contributed by atoms with E-state index in [-0.39, 0.29) is 9.77 Å². The number of ether oxygens (including phenoxy) is 2. The first kappa shape index (κ1) is 20.6. The number of sulfonamides is 1.